The minimum Gasteiger partial charge on any atom is -0.493 e. The molecule has 0 saturated carbocycles. The van der Waals surface area contributed by atoms with E-state index in [1.54, 1.807) is 13.0 Å². The van der Waals surface area contributed by atoms with Crippen LogP contribution in [-0.2, 0) is 4.79 Å². The second kappa shape index (κ2) is 9.04. The van der Waals surface area contributed by atoms with Gasteiger partial charge in [-0.1, -0.05) is 6.92 Å². The summed E-state index contributed by atoms with van der Waals surface area (Å²) in [4.78, 5) is 12.4. The highest BCUT2D eigenvalue weighted by molar-refractivity contribution is 5.76. The standard InChI is InChI=1S/C19H29FN2O3/c1-12(14-5-7-21-8-6-14)9-19(23)22-13(2)15-10-17(24-3)18(25-4)11-16(15)20/h10-14,21H,5-9H2,1-4H3,(H,22,23). The van der Waals surface area contributed by atoms with Crippen LogP contribution in [0, 0.1) is 17.7 Å². The molecule has 5 nitrogen and oxygen atoms in total. The first-order chi connectivity index (χ1) is 12.0. The Morgan fingerprint density at radius 2 is 1.84 bits per heavy atom. The normalized spacial score (nSPS) is 17.6. The lowest BCUT2D eigenvalue weighted by Gasteiger charge is -2.28. The molecule has 1 saturated heterocycles. The van der Waals surface area contributed by atoms with Crippen LogP contribution in [0.4, 0.5) is 4.39 Å². The number of benzene rings is 1. The quantitative estimate of drug-likeness (QED) is 0.792. The fourth-order valence-electron chi connectivity index (χ4n) is 3.45. The zero-order valence-corrected chi connectivity index (χ0v) is 15.5. The van der Waals surface area contributed by atoms with E-state index in [-0.39, 0.29) is 5.91 Å². The number of amides is 1. The maximum atomic E-state index is 14.3. The Morgan fingerprint density at radius 3 is 2.44 bits per heavy atom. The van der Waals surface area contributed by atoms with Crippen molar-refractivity contribution in [2.24, 2.45) is 11.8 Å². The molecule has 1 aliphatic rings. The molecule has 0 bridgehead atoms. The van der Waals surface area contributed by atoms with E-state index in [0.29, 0.717) is 35.3 Å². The summed E-state index contributed by atoms with van der Waals surface area (Å²) in [6.45, 7) is 5.93. The highest BCUT2D eigenvalue weighted by Crippen LogP contribution is 2.32. The van der Waals surface area contributed by atoms with Crippen molar-refractivity contribution in [1.29, 1.82) is 0 Å². The summed E-state index contributed by atoms with van der Waals surface area (Å²) in [5, 5.41) is 6.24. The summed E-state index contributed by atoms with van der Waals surface area (Å²) < 4.78 is 24.6. The van der Waals surface area contributed by atoms with Crippen molar-refractivity contribution in [3.8, 4) is 11.5 Å². The van der Waals surface area contributed by atoms with E-state index >= 15 is 0 Å². The molecule has 2 atom stereocenters. The Labute approximate surface area is 149 Å². The van der Waals surface area contributed by atoms with Gasteiger partial charge in [-0.05, 0) is 50.8 Å². The summed E-state index contributed by atoms with van der Waals surface area (Å²) in [6, 6.07) is 2.43. The lowest BCUT2D eigenvalue weighted by Crippen LogP contribution is -2.34. The molecule has 2 N–H and O–H groups in total. The lowest BCUT2D eigenvalue weighted by atomic mass is 9.84. The average Bonchev–Trinajstić information content (AvgIpc) is 2.61. The van der Waals surface area contributed by atoms with Gasteiger partial charge in [-0.2, -0.15) is 0 Å². The van der Waals surface area contributed by atoms with E-state index < -0.39 is 11.9 Å². The molecule has 1 fully saturated rings. The van der Waals surface area contributed by atoms with Crippen LogP contribution in [0.15, 0.2) is 12.1 Å². The number of hydrogen-bond acceptors (Lipinski definition) is 4. The van der Waals surface area contributed by atoms with Crippen molar-refractivity contribution in [2.75, 3.05) is 27.3 Å². The van der Waals surface area contributed by atoms with Gasteiger partial charge in [-0.15, -0.1) is 0 Å². The minimum absolute atomic E-state index is 0.0484. The van der Waals surface area contributed by atoms with E-state index in [1.807, 2.05) is 0 Å². The van der Waals surface area contributed by atoms with Crippen LogP contribution < -0.4 is 20.1 Å². The molecule has 0 aliphatic carbocycles. The van der Waals surface area contributed by atoms with E-state index in [9.17, 15) is 9.18 Å². The zero-order valence-electron chi connectivity index (χ0n) is 15.5. The van der Waals surface area contributed by atoms with Crippen LogP contribution in [0.5, 0.6) is 11.5 Å². The van der Waals surface area contributed by atoms with Crippen molar-refractivity contribution >= 4 is 5.91 Å². The molecule has 1 aliphatic heterocycles. The highest BCUT2D eigenvalue weighted by atomic mass is 19.1. The number of carbonyl (C=O) groups is 1. The smallest absolute Gasteiger partial charge is 0.220 e. The molecule has 0 radical (unpaired) electrons. The van der Waals surface area contributed by atoms with Crippen LogP contribution in [-0.4, -0.2) is 33.2 Å². The molecule has 2 unspecified atom stereocenters. The molecule has 1 aromatic carbocycles. The summed E-state index contributed by atoms with van der Waals surface area (Å²) >= 11 is 0. The molecule has 2 rings (SSSR count). The van der Waals surface area contributed by atoms with Crippen LogP contribution in [0.3, 0.4) is 0 Å². The van der Waals surface area contributed by atoms with Crippen molar-refractivity contribution in [3.05, 3.63) is 23.5 Å². The van der Waals surface area contributed by atoms with Gasteiger partial charge in [-0.3, -0.25) is 4.79 Å². The van der Waals surface area contributed by atoms with Crippen molar-refractivity contribution < 1.29 is 18.7 Å². The monoisotopic (exact) mass is 352 g/mol. The predicted octanol–water partition coefficient (Wildman–Crippen LogP) is 3.05. The largest absolute Gasteiger partial charge is 0.493 e. The molecule has 1 amide bonds. The lowest BCUT2D eigenvalue weighted by molar-refractivity contribution is -0.123. The van der Waals surface area contributed by atoms with Crippen LogP contribution >= 0.6 is 0 Å². The van der Waals surface area contributed by atoms with Gasteiger partial charge < -0.3 is 20.1 Å². The third-order valence-electron chi connectivity index (χ3n) is 5.04. The maximum Gasteiger partial charge on any atom is 0.220 e. The first-order valence-corrected chi connectivity index (χ1v) is 8.87. The maximum absolute atomic E-state index is 14.3. The Hall–Kier alpha value is -1.82. The van der Waals surface area contributed by atoms with Crippen molar-refractivity contribution in [2.45, 2.75) is 39.2 Å². The predicted molar refractivity (Wildman–Crippen MR) is 95.4 cm³/mol. The third kappa shape index (κ3) is 5.08. The van der Waals surface area contributed by atoms with Gasteiger partial charge >= 0.3 is 0 Å². The van der Waals surface area contributed by atoms with Crippen LogP contribution in [0.2, 0.25) is 0 Å². The fourth-order valence-corrected chi connectivity index (χ4v) is 3.45. The topological polar surface area (TPSA) is 59.6 Å². The Kier molecular flexibility index (Phi) is 7.05. The second-order valence-electron chi connectivity index (χ2n) is 6.79. The van der Waals surface area contributed by atoms with Gasteiger partial charge in [0.1, 0.15) is 5.82 Å². The Balaban J connectivity index is 1.98. The van der Waals surface area contributed by atoms with Gasteiger partial charge in [0, 0.05) is 18.1 Å². The number of rotatable bonds is 7. The highest BCUT2D eigenvalue weighted by Gasteiger charge is 2.23. The summed E-state index contributed by atoms with van der Waals surface area (Å²) in [6.07, 6.45) is 2.67. The van der Waals surface area contributed by atoms with Gasteiger partial charge in [0.25, 0.3) is 0 Å². The number of hydrogen-bond donors (Lipinski definition) is 2. The van der Waals surface area contributed by atoms with E-state index in [2.05, 4.69) is 17.6 Å². The van der Waals surface area contributed by atoms with Gasteiger partial charge in [0.2, 0.25) is 5.91 Å². The Bertz CT molecular complexity index is 588. The van der Waals surface area contributed by atoms with E-state index in [1.165, 1.54) is 20.3 Å². The second-order valence-corrected chi connectivity index (χ2v) is 6.79. The van der Waals surface area contributed by atoms with Gasteiger partial charge in [-0.25, -0.2) is 4.39 Å². The van der Waals surface area contributed by atoms with Crippen molar-refractivity contribution in [3.63, 3.8) is 0 Å². The number of ether oxygens (including phenoxy) is 2. The average molecular weight is 352 g/mol. The molecular formula is C19H29FN2O3. The molecule has 25 heavy (non-hydrogen) atoms. The SMILES string of the molecule is COc1cc(F)c(C(C)NC(=O)CC(C)C2CCNCC2)cc1OC. The molecule has 0 aromatic heterocycles. The summed E-state index contributed by atoms with van der Waals surface area (Å²) in [5.74, 6) is 1.21. The van der Waals surface area contributed by atoms with Crippen molar-refractivity contribution in [1.82, 2.24) is 10.6 Å². The molecule has 1 heterocycles. The van der Waals surface area contributed by atoms with E-state index in [4.69, 9.17) is 9.47 Å². The number of piperidine rings is 1. The Morgan fingerprint density at radius 1 is 1.24 bits per heavy atom. The summed E-state index contributed by atoms with van der Waals surface area (Å²) in [5.41, 5.74) is 0.389. The third-order valence-corrected chi connectivity index (χ3v) is 5.04. The minimum atomic E-state index is -0.437. The van der Waals surface area contributed by atoms with Crippen LogP contribution in [0.25, 0.3) is 0 Å². The number of halogens is 1. The van der Waals surface area contributed by atoms with E-state index in [0.717, 1.165) is 25.9 Å². The van der Waals surface area contributed by atoms with Gasteiger partial charge in [0.15, 0.2) is 11.5 Å². The summed E-state index contributed by atoms with van der Waals surface area (Å²) in [7, 11) is 2.97. The van der Waals surface area contributed by atoms with Crippen LogP contribution in [0.1, 0.15) is 44.7 Å². The number of nitrogens with one attached hydrogen (secondary N) is 2. The first kappa shape index (κ1) is 19.5. The molecular weight excluding hydrogens is 323 g/mol. The molecule has 140 valence electrons. The van der Waals surface area contributed by atoms with Gasteiger partial charge in [0.05, 0.1) is 20.3 Å². The molecule has 0 spiro atoms. The zero-order chi connectivity index (χ0) is 18.4. The molecule has 1 aromatic rings. The fraction of sp³-hybridized carbons (Fsp3) is 0.632. The first-order valence-electron chi connectivity index (χ1n) is 8.87. The number of methoxy groups -OCH3 is 2. The molecule has 6 heteroatoms. The number of carbonyl (C=O) groups excluding carboxylic acids is 1.